The Morgan fingerprint density at radius 2 is 2.05 bits per heavy atom. The predicted octanol–water partition coefficient (Wildman–Crippen LogP) is 2.79. The van der Waals surface area contributed by atoms with E-state index in [0.717, 1.165) is 19.5 Å². The lowest BCUT2D eigenvalue weighted by Crippen LogP contribution is -2.28. The van der Waals surface area contributed by atoms with Crippen LogP contribution in [0.2, 0.25) is 0 Å². The number of hydrogen-bond donors (Lipinski definition) is 2. The van der Waals surface area contributed by atoms with Crippen molar-refractivity contribution in [1.82, 2.24) is 5.32 Å². The first-order valence-electron chi connectivity index (χ1n) is 7.88. The van der Waals surface area contributed by atoms with Crippen molar-refractivity contribution in [2.24, 2.45) is 0 Å². The molecule has 5 heteroatoms. The van der Waals surface area contributed by atoms with Crippen LogP contribution >= 0.6 is 0 Å². The van der Waals surface area contributed by atoms with E-state index >= 15 is 0 Å². The second-order valence-electron chi connectivity index (χ2n) is 6.01. The zero-order valence-corrected chi connectivity index (χ0v) is 13.5. The Kier molecular flexibility index (Phi) is 5.66. The normalized spacial score (nSPS) is 19.7. The van der Waals surface area contributed by atoms with Crippen LogP contribution in [0, 0.1) is 0 Å². The summed E-state index contributed by atoms with van der Waals surface area (Å²) in [5.74, 6) is 0.576. The molecular weight excluding hydrogens is 282 g/mol. The molecule has 0 bridgehead atoms. The van der Waals surface area contributed by atoms with Crippen molar-refractivity contribution < 1.29 is 19.4 Å². The summed E-state index contributed by atoms with van der Waals surface area (Å²) < 4.78 is 11.3. The van der Waals surface area contributed by atoms with Gasteiger partial charge in [-0.1, -0.05) is 6.07 Å². The second kappa shape index (κ2) is 7.49. The highest BCUT2D eigenvalue weighted by Gasteiger charge is 2.20. The van der Waals surface area contributed by atoms with Crippen LogP contribution in [0.3, 0.4) is 0 Å². The molecule has 0 saturated carbocycles. The monoisotopic (exact) mass is 307 g/mol. The van der Waals surface area contributed by atoms with E-state index in [9.17, 15) is 4.79 Å². The van der Waals surface area contributed by atoms with Gasteiger partial charge in [-0.2, -0.15) is 0 Å². The minimum atomic E-state index is -0.990. The first-order valence-corrected chi connectivity index (χ1v) is 7.88. The molecule has 5 nitrogen and oxygen atoms in total. The van der Waals surface area contributed by atoms with E-state index in [2.05, 4.69) is 5.32 Å². The number of nitrogens with one attached hydrogen (secondary N) is 1. The van der Waals surface area contributed by atoms with Crippen LogP contribution < -0.4 is 14.8 Å². The molecule has 0 amide bonds. The SMILES string of the molecule is CC(C)Oc1cc(C2CCCNC2)ccc1OC(C)C(=O)O. The van der Waals surface area contributed by atoms with Gasteiger partial charge in [-0.05, 0) is 63.8 Å². The van der Waals surface area contributed by atoms with Crippen molar-refractivity contribution in [3.05, 3.63) is 23.8 Å². The summed E-state index contributed by atoms with van der Waals surface area (Å²) in [5.41, 5.74) is 1.21. The molecule has 1 aliphatic heterocycles. The van der Waals surface area contributed by atoms with Crippen LogP contribution in [-0.4, -0.2) is 36.4 Å². The summed E-state index contributed by atoms with van der Waals surface area (Å²) in [6.07, 6.45) is 1.41. The lowest BCUT2D eigenvalue weighted by Gasteiger charge is -2.25. The van der Waals surface area contributed by atoms with Crippen LogP contribution in [0.1, 0.15) is 45.1 Å². The topological polar surface area (TPSA) is 67.8 Å². The van der Waals surface area contributed by atoms with Crippen molar-refractivity contribution in [2.45, 2.75) is 51.7 Å². The van der Waals surface area contributed by atoms with Crippen molar-refractivity contribution in [1.29, 1.82) is 0 Å². The number of ether oxygens (including phenoxy) is 2. The maximum absolute atomic E-state index is 11.0. The highest BCUT2D eigenvalue weighted by molar-refractivity contribution is 5.72. The minimum absolute atomic E-state index is 0.00205. The van der Waals surface area contributed by atoms with E-state index in [1.807, 2.05) is 32.0 Å². The molecule has 1 aromatic carbocycles. The van der Waals surface area contributed by atoms with Gasteiger partial charge in [0.25, 0.3) is 0 Å². The molecule has 1 saturated heterocycles. The van der Waals surface area contributed by atoms with E-state index < -0.39 is 12.1 Å². The van der Waals surface area contributed by atoms with Gasteiger partial charge in [-0.25, -0.2) is 4.79 Å². The smallest absolute Gasteiger partial charge is 0.344 e. The fraction of sp³-hybridized carbons (Fsp3) is 0.588. The summed E-state index contributed by atoms with van der Waals surface area (Å²) in [4.78, 5) is 11.0. The molecule has 1 aromatic rings. The van der Waals surface area contributed by atoms with E-state index in [1.54, 1.807) is 0 Å². The zero-order valence-electron chi connectivity index (χ0n) is 13.5. The number of carboxylic acids is 1. The maximum Gasteiger partial charge on any atom is 0.344 e. The third kappa shape index (κ3) is 4.37. The second-order valence-corrected chi connectivity index (χ2v) is 6.01. The molecule has 1 aliphatic rings. The van der Waals surface area contributed by atoms with Crippen LogP contribution in [0.15, 0.2) is 18.2 Å². The predicted molar refractivity (Wildman–Crippen MR) is 84.8 cm³/mol. The molecule has 0 aromatic heterocycles. The average molecular weight is 307 g/mol. The Hall–Kier alpha value is -1.75. The lowest BCUT2D eigenvalue weighted by molar-refractivity contribution is -0.144. The number of rotatable bonds is 6. The molecule has 2 N–H and O–H groups in total. The van der Waals surface area contributed by atoms with Gasteiger partial charge >= 0.3 is 5.97 Å². The van der Waals surface area contributed by atoms with E-state index in [1.165, 1.54) is 18.9 Å². The van der Waals surface area contributed by atoms with Crippen LogP contribution in [0.5, 0.6) is 11.5 Å². The van der Waals surface area contributed by atoms with Gasteiger partial charge in [-0.15, -0.1) is 0 Å². The third-order valence-electron chi connectivity index (χ3n) is 3.75. The Bertz CT molecular complexity index is 509. The van der Waals surface area contributed by atoms with Gasteiger partial charge in [0.15, 0.2) is 17.6 Å². The van der Waals surface area contributed by atoms with E-state index in [0.29, 0.717) is 17.4 Å². The standard InChI is InChI=1S/C17H25NO4/c1-11(2)21-16-9-13(14-5-4-8-18-10-14)6-7-15(16)22-12(3)17(19)20/h6-7,9,11-12,14,18H,4-5,8,10H2,1-3H3,(H,19,20). The first kappa shape index (κ1) is 16.6. The van der Waals surface area contributed by atoms with Crippen molar-refractivity contribution >= 4 is 5.97 Å². The summed E-state index contributed by atoms with van der Waals surface area (Å²) in [7, 11) is 0. The number of carbonyl (C=O) groups is 1. The fourth-order valence-electron chi connectivity index (χ4n) is 2.60. The fourth-order valence-corrected chi connectivity index (χ4v) is 2.60. The molecule has 2 unspecified atom stereocenters. The third-order valence-corrected chi connectivity index (χ3v) is 3.75. The molecule has 2 atom stereocenters. The highest BCUT2D eigenvalue weighted by Crippen LogP contribution is 2.34. The average Bonchev–Trinajstić information content (AvgIpc) is 2.49. The number of piperidine rings is 1. The maximum atomic E-state index is 11.0. The van der Waals surface area contributed by atoms with E-state index in [-0.39, 0.29) is 6.10 Å². The quantitative estimate of drug-likeness (QED) is 0.846. The summed E-state index contributed by atoms with van der Waals surface area (Å²) in [5, 5.41) is 12.4. The summed E-state index contributed by atoms with van der Waals surface area (Å²) >= 11 is 0. The summed E-state index contributed by atoms with van der Waals surface area (Å²) in [6.45, 7) is 7.44. The first-order chi connectivity index (χ1) is 10.5. The number of benzene rings is 1. The molecule has 22 heavy (non-hydrogen) atoms. The van der Waals surface area contributed by atoms with Crippen LogP contribution in [-0.2, 0) is 4.79 Å². The van der Waals surface area contributed by atoms with E-state index in [4.69, 9.17) is 14.6 Å². The molecular formula is C17H25NO4. The lowest BCUT2D eigenvalue weighted by atomic mass is 9.91. The highest BCUT2D eigenvalue weighted by atomic mass is 16.5. The number of hydrogen-bond acceptors (Lipinski definition) is 4. The Morgan fingerprint density at radius 3 is 2.64 bits per heavy atom. The summed E-state index contributed by atoms with van der Waals surface area (Å²) in [6, 6.07) is 5.82. The molecule has 0 spiro atoms. The molecule has 0 aliphatic carbocycles. The number of aliphatic carboxylic acids is 1. The zero-order chi connectivity index (χ0) is 16.1. The molecule has 2 rings (SSSR count). The van der Waals surface area contributed by atoms with Gasteiger partial charge in [0.2, 0.25) is 0 Å². The van der Waals surface area contributed by atoms with Gasteiger partial charge in [0.05, 0.1) is 6.10 Å². The van der Waals surface area contributed by atoms with Crippen molar-refractivity contribution in [3.63, 3.8) is 0 Å². The molecule has 122 valence electrons. The Balaban J connectivity index is 2.23. The largest absolute Gasteiger partial charge is 0.487 e. The van der Waals surface area contributed by atoms with Crippen molar-refractivity contribution in [2.75, 3.05) is 13.1 Å². The van der Waals surface area contributed by atoms with Crippen molar-refractivity contribution in [3.8, 4) is 11.5 Å². The van der Waals surface area contributed by atoms with Gasteiger partial charge in [0.1, 0.15) is 0 Å². The molecule has 1 heterocycles. The van der Waals surface area contributed by atoms with Gasteiger partial charge < -0.3 is 19.9 Å². The van der Waals surface area contributed by atoms with Gasteiger partial charge in [-0.3, -0.25) is 0 Å². The Labute approximate surface area is 131 Å². The Morgan fingerprint density at radius 1 is 1.27 bits per heavy atom. The molecule has 1 fully saturated rings. The van der Waals surface area contributed by atoms with Crippen LogP contribution in [0.4, 0.5) is 0 Å². The minimum Gasteiger partial charge on any atom is -0.487 e. The van der Waals surface area contributed by atoms with Gasteiger partial charge in [0, 0.05) is 6.54 Å². The molecule has 0 radical (unpaired) electrons. The number of carboxylic acid groups (broad SMARTS) is 1. The van der Waals surface area contributed by atoms with Crippen LogP contribution in [0.25, 0.3) is 0 Å².